The fourth-order valence-corrected chi connectivity index (χ4v) is 2.75. The zero-order chi connectivity index (χ0) is 14.7. The van der Waals surface area contributed by atoms with Crippen LogP contribution in [0.25, 0.3) is 0 Å². The lowest BCUT2D eigenvalue weighted by Crippen LogP contribution is -2.36. The number of hydrogen-bond donors (Lipinski definition) is 1. The summed E-state index contributed by atoms with van der Waals surface area (Å²) in [5, 5.41) is 19.8. The van der Waals surface area contributed by atoms with Gasteiger partial charge in [-0.2, -0.15) is 0 Å². The molecule has 2 rings (SSSR count). The van der Waals surface area contributed by atoms with Crippen molar-refractivity contribution in [2.24, 2.45) is 5.92 Å². The second kappa shape index (κ2) is 5.90. The minimum Gasteiger partial charge on any atom is -0.481 e. The van der Waals surface area contributed by atoms with Crippen molar-refractivity contribution in [1.82, 2.24) is 0 Å². The van der Waals surface area contributed by atoms with Crippen LogP contribution in [-0.4, -0.2) is 29.1 Å². The Morgan fingerprint density at radius 3 is 2.95 bits per heavy atom. The fourth-order valence-electron chi connectivity index (χ4n) is 2.75. The van der Waals surface area contributed by atoms with Gasteiger partial charge < -0.3 is 10.0 Å². The van der Waals surface area contributed by atoms with Gasteiger partial charge in [-0.1, -0.05) is 6.07 Å². The van der Waals surface area contributed by atoms with E-state index in [1.54, 1.807) is 12.1 Å². The van der Waals surface area contributed by atoms with Crippen LogP contribution >= 0.6 is 0 Å². The van der Waals surface area contributed by atoms with Gasteiger partial charge in [0.05, 0.1) is 4.92 Å². The van der Waals surface area contributed by atoms with Crippen molar-refractivity contribution in [2.75, 3.05) is 18.0 Å². The third-order valence-electron chi connectivity index (χ3n) is 3.73. The average Bonchev–Trinajstić information content (AvgIpc) is 2.38. The quantitative estimate of drug-likeness (QED) is 0.676. The highest BCUT2D eigenvalue weighted by Crippen LogP contribution is 2.30. The predicted molar refractivity (Wildman–Crippen MR) is 75.0 cm³/mol. The number of non-ortho nitro benzene ring substituents is 1. The zero-order valence-electron chi connectivity index (χ0n) is 11.4. The summed E-state index contributed by atoms with van der Waals surface area (Å²) >= 11 is 0. The van der Waals surface area contributed by atoms with E-state index in [0.717, 1.165) is 30.6 Å². The molecule has 1 aliphatic rings. The number of aliphatic carboxylic acids is 1. The van der Waals surface area contributed by atoms with Crippen molar-refractivity contribution in [3.05, 3.63) is 33.9 Å². The Kier molecular flexibility index (Phi) is 4.22. The van der Waals surface area contributed by atoms with E-state index in [4.69, 9.17) is 5.11 Å². The molecule has 1 unspecified atom stereocenters. The molecule has 108 valence electrons. The lowest BCUT2D eigenvalue weighted by molar-refractivity contribution is -0.384. The van der Waals surface area contributed by atoms with Gasteiger partial charge in [-0.3, -0.25) is 14.9 Å². The third-order valence-corrected chi connectivity index (χ3v) is 3.73. The Hall–Kier alpha value is -2.11. The summed E-state index contributed by atoms with van der Waals surface area (Å²) in [6, 6.07) is 4.82. The van der Waals surface area contributed by atoms with Crippen LogP contribution in [-0.2, 0) is 4.79 Å². The number of rotatable bonds is 4. The van der Waals surface area contributed by atoms with E-state index in [1.807, 2.05) is 6.92 Å². The molecule has 1 fully saturated rings. The lowest BCUT2D eigenvalue weighted by Gasteiger charge is -2.34. The molecule has 1 atom stereocenters. The summed E-state index contributed by atoms with van der Waals surface area (Å²) in [5.41, 5.74) is 1.90. The maximum absolute atomic E-state index is 10.9. The van der Waals surface area contributed by atoms with E-state index in [2.05, 4.69) is 4.90 Å². The first kappa shape index (κ1) is 14.3. The molecule has 0 radical (unpaired) electrons. The van der Waals surface area contributed by atoms with Crippen LogP contribution in [0.1, 0.15) is 24.8 Å². The smallest absolute Gasteiger partial charge is 0.303 e. The molecular formula is C14H18N2O4. The summed E-state index contributed by atoms with van der Waals surface area (Å²) in [5.74, 6) is -0.674. The molecule has 1 aromatic carbocycles. The van der Waals surface area contributed by atoms with Gasteiger partial charge in [0.2, 0.25) is 0 Å². The Labute approximate surface area is 117 Å². The lowest BCUT2D eigenvalue weighted by atomic mass is 9.94. The minimum atomic E-state index is -0.785. The first-order valence-electron chi connectivity index (χ1n) is 6.69. The van der Waals surface area contributed by atoms with E-state index in [-0.39, 0.29) is 18.0 Å². The van der Waals surface area contributed by atoms with E-state index in [0.29, 0.717) is 6.54 Å². The molecule has 1 aliphatic heterocycles. The molecule has 1 saturated heterocycles. The number of carbonyl (C=O) groups is 1. The number of hydrogen-bond acceptors (Lipinski definition) is 4. The van der Waals surface area contributed by atoms with Crippen molar-refractivity contribution in [3.63, 3.8) is 0 Å². The fraction of sp³-hybridized carbons (Fsp3) is 0.500. The van der Waals surface area contributed by atoms with Gasteiger partial charge in [0.15, 0.2) is 0 Å². The molecule has 1 aromatic rings. The van der Waals surface area contributed by atoms with E-state index in [9.17, 15) is 14.9 Å². The summed E-state index contributed by atoms with van der Waals surface area (Å²) in [4.78, 5) is 23.3. The second-order valence-electron chi connectivity index (χ2n) is 5.28. The van der Waals surface area contributed by atoms with Crippen molar-refractivity contribution < 1.29 is 14.8 Å². The number of aryl methyl sites for hydroxylation is 1. The van der Waals surface area contributed by atoms with Crippen LogP contribution in [0.15, 0.2) is 18.2 Å². The Morgan fingerprint density at radius 2 is 2.30 bits per heavy atom. The Morgan fingerprint density at radius 1 is 1.55 bits per heavy atom. The summed E-state index contributed by atoms with van der Waals surface area (Å²) < 4.78 is 0. The topological polar surface area (TPSA) is 83.7 Å². The molecule has 1 heterocycles. The first-order chi connectivity index (χ1) is 9.47. The summed E-state index contributed by atoms with van der Waals surface area (Å²) in [6.45, 7) is 3.38. The standard InChI is InChI=1S/C14H18N2O4/c1-10-4-5-12(16(19)20)8-13(10)15-6-2-3-11(9-15)7-14(17)18/h4-5,8,11H,2-3,6-7,9H2,1H3,(H,17,18). The van der Waals surface area contributed by atoms with Gasteiger partial charge in [-0.05, 0) is 31.2 Å². The number of carboxylic acid groups (broad SMARTS) is 1. The molecule has 0 bridgehead atoms. The molecular weight excluding hydrogens is 260 g/mol. The van der Waals surface area contributed by atoms with Gasteiger partial charge in [-0.15, -0.1) is 0 Å². The monoisotopic (exact) mass is 278 g/mol. The first-order valence-corrected chi connectivity index (χ1v) is 6.69. The number of anilines is 1. The van der Waals surface area contributed by atoms with E-state index in [1.165, 1.54) is 6.07 Å². The predicted octanol–water partition coefficient (Wildman–Crippen LogP) is 2.59. The number of carboxylic acids is 1. The number of piperidine rings is 1. The highest BCUT2D eigenvalue weighted by atomic mass is 16.6. The highest BCUT2D eigenvalue weighted by Gasteiger charge is 2.24. The molecule has 0 aliphatic carbocycles. The second-order valence-corrected chi connectivity index (χ2v) is 5.28. The van der Waals surface area contributed by atoms with Gasteiger partial charge >= 0.3 is 5.97 Å². The van der Waals surface area contributed by atoms with Crippen LogP contribution < -0.4 is 4.90 Å². The largest absolute Gasteiger partial charge is 0.481 e. The van der Waals surface area contributed by atoms with Gasteiger partial charge in [-0.25, -0.2) is 0 Å². The molecule has 6 nitrogen and oxygen atoms in total. The van der Waals surface area contributed by atoms with Crippen LogP contribution in [0.2, 0.25) is 0 Å². The SMILES string of the molecule is Cc1ccc([N+](=O)[O-])cc1N1CCCC(CC(=O)O)C1. The maximum Gasteiger partial charge on any atom is 0.303 e. The molecule has 0 saturated carbocycles. The van der Waals surface area contributed by atoms with Gasteiger partial charge in [0.25, 0.3) is 5.69 Å². The Bertz CT molecular complexity index is 530. The summed E-state index contributed by atoms with van der Waals surface area (Å²) in [7, 11) is 0. The third kappa shape index (κ3) is 3.26. The number of nitro benzene ring substituents is 1. The number of nitrogens with zero attached hydrogens (tertiary/aromatic N) is 2. The number of nitro groups is 1. The molecule has 0 spiro atoms. The van der Waals surface area contributed by atoms with Crippen LogP contribution in [0.5, 0.6) is 0 Å². The molecule has 0 amide bonds. The van der Waals surface area contributed by atoms with Crippen molar-refractivity contribution in [2.45, 2.75) is 26.2 Å². The van der Waals surface area contributed by atoms with Crippen LogP contribution in [0.3, 0.4) is 0 Å². The Balaban J connectivity index is 2.19. The highest BCUT2D eigenvalue weighted by molar-refractivity contribution is 5.67. The van der Waals surface area contributed by atoms with Crippen molar-refractivity contribution >= 4 is 17.3 Å². The average molecular weight is 278 g/mol. The normalized spacial score (nSPS) is 18.9. The van der Waals surface area contributed by atoms with E-state index >= 15 is 0 Å². The zero-order valence-corrected chi connectivity index (χ0v) is 11.4. The van der Waals surface area contributed by atoms with Gasteiger partial charge in [0, 0.05) is 37.3 Å². The number of benzene rings is 1. The summed E-state index contributed by atoms with van der Waals surface area (Å²) in [6.07, 6.45) is 1.97. The van der Waals surface area contributed by atoms with Crippen molar-refractivity contribution in [1.29, 1.82) is 0 Å². The molecule has 20 heavy (non-hydrogen) atoms. The van der Waals surface area contributed by atoms with E-state index < -0.39 is 10.9 Å². The maximum atomic E-state index is 10.9. The minimum absolute atomic E-state index is 0.0750. The van der Waals surface area contributed by atoms with Gasteiger partial charge in [0.1, 0.15) is 0 Å². The van der Waals surface area contributed by atoms with Crippen LogP contribution in [0.4, 0.5) is 11.4 Å². The van der Waals surface area contributed by atoms with Crippen LogP contribution in [0, 0.1) is 23.0 Å². The molecule has 1 N–H and O–H groups in total. The molecule has 0 aromatic heterocycles. The molecule has 6 heteroatoms. The van der Waals surface area contributed by atoms with Crippen molar-refractivity contribution in [3.8, 4) is 0 Å².